The summed E-state index contributed by atoms with van der Waals surface area (Å²) in [5.74, 6) is -0.904. The molecule has 6 rings (SSSR count). The first-order chi connectivity index (χ1) is 22.2. The van der Waals surface area contributed by atoms with E-state index in [4.69, 9.17) is 10.5 Å². The van der Waals surface area contributed by atoms with Gasteiger partial charge in [0.05, 0.1) is 35.0 Å². The molecule has 0 aliphatic rings. The molecule has 0 atom stereocenters. The van der Waals surface area contributed by atoms with E-state index in [0.717, 1.165) is 12.1 Å². The van der Waals surface area contributed by atoms with Crippen LogP contribution in [0.15, 0.2) is 84.1 Å². The van der Waals surface area contributed by atoms with Crippen molar-refractivity contribution in [3.8, 4) is 17.3 Å². The van der Waals surface area contributed by atoms with Gasteiger partial charge in [-0.05, 0) is 67.4 Å². The molecule has 0 aliphatic carbocycles. The molecule has 0 saturated heterocycles. The molecule has 4 aromatic heterocycles. The second kappa shape index (κ2) is 11.5. The average molecular weight is 666 g/mol. The lowest BCUT2D eigenvalue weighted by Crippen LogP contribution is -2.17. The van der Waals surface area contributed by atoms with Gasteiger partial charge in [-0.15, -0.1) is 0 Å². The molecule has 0 bridgehead atoms. The highest BCUT2D eigenvalue weighted by molar-refractivity contribution is 7.92. The van der Waals surface area contributed by atoms with E-state index in [-0.39, 0.29) is 34.4 Å². The Hall–Kier alpha value is -5.77. The molecule has 0 fully saturated rings. The van der Waals surface area contributed by atoms with Crippen molar-refractivity contribution in [1.82, 2.24) is 24.7 Å². The molecule has 4 N–H and O–H groups in total. The molecule has 11 nitrogen and oxygen atoms in total. The number of aryl methyl sites for hydroxylation is 2. The smallest absolute Gasteiger partial charge is 0.433 e. The van der Waals surface area contributed by atoms with E-state index in [2.05, 4.69) is 24.8 Å². The van der Waals surface area contributed by atoms with Crippen molar-refractivity contribution in [3.05, 3.63) is 113 Å². The number of aromatic nitrogens is 5. The lowest BCUT2D eigenvalue weighted by atomic mass is 10.1. The molecule has 240 valence electrons. The van der Waals surface area contributed by atoms with E-state index in [9.17, 15) is 30.8 Å². The van der Waals surface area contributed by atoms with Gasteiger partial charge in [0.2, 0.25) is 11.7 Å². The number of benzene rings is 2. The van der Waals surface area contributed by atoms with Crippen LogP contribution in [-0.2, 0) is 16.2 Å². The van der Waals surface area contributed by atoms with Gasteiger partial charge < -0.3 is 15.5 Å². The number of hydrogen-bond acceptors (Lipinski definition) is 8. The van der Waals surface area contributed by atoms with Gasteiger partial charge in [0.15, 0.2) is 16.6 Å². The number of nitrogens with zero attached hydrogens (tertiary/aromatic N) is 4. The fourth-order valence-electron chi connectivity index (χ4n) is 4.76. The van der Waals surface area contributed by atoms with Crippen LogP contribution < -0.4 is 15.2 Å². The van der Waals surface area contributed by atoms with Crippen molar-refractivity contribution < 1.29 is 35.5 Å². The van der Waals surface area contributed by atoms with Crippen molar-refractivity contribution in [1.29, 1.82) is 0 Å². The van der Waals surface area contributed by atoms with Gasteiger partial charge in [-0.3, -0.25) is 9.52 Å². The van der Waals surface area contributed by atoms with Crippen LogP contribution in [0.1, 0.15) is 32.9 Å². The summed E-state index contributed by atoms with van der Waals surface area (Å²) >= 11 is 0. The number of carbonyl (C=O) groups excluding carboxylic acids is 1. The van der Waals surface area contributed by atoms with E-state index in [1.807, 2.05) is 0 Å². The number of rotatable bonds is 8. The molecule has 0 unspecified atom stereocenters. The normalized spacial score (nSPS) is 12.0. The Balaban J connectivity index is 1.25. The minimum atomic E-state index is -4.83. The van der Waals surface area contributed by atoms with Crippen LogP contribution in [0.5, 0.6) is 11.6 Å². The summed E-state index contributed by atoms with van der Waals surface area (Å²) in [6.45, 7) is 3.33. The maximum Gasteiger partial charge on any atom is 0.433 e. The van der Waals surface area contributed by atoms with Gasteiger partial charge in [-0.2, -0.15) is 26.7 Å². The zero-order chi connectivity index (χ0) is 33.7. The Morgan fingerprint density at radius 2 is 1.77 bits per heavy atom. The molecular formula is C31H23F4N7O4S. The van der Waals surface area contributed by atoms with Gasteiger partial charge >= 0.3 is 6.18 Å². The van der Waals surface area contributed by atoms with Crippen molar-refractivity contribution in [3.63, 3.8) is 0 Å². The SMILES string of the molecule is Cc1cc2cc(C(=O)c3cnn(-c4cnc(Oc5ccccc5F)cc4C)c3N)[nH]c2cc1NS(=O)(=O)c1cccc(C(F)(F)F)n1. The van der Waals surface area contributed by atoms with Gasteiger partial charge in [0, 0.05) is 17.0 Å². The number of nitrogen functional groups attached to an aromatic ring is 1. The first-order valence-electron chi connectivity index (χ1n) is 13.7. The van der Waals surface area contributed by atoms with Crippen LogP contribution in [0, 0.1) is 19.7 Å². The number of carbonyl (C=O) groups is 1. The zero-order valence-corrected chi connectivity index (χ0v) is 25.2. The van der Waals surface area contributed by atoms with Crippen molar-refractivity contribution in [2.45, 2.75) is 25.0 Å². The molecule has 0 amide bonds. The predicted octanol–water partition coefficient (Wildman–Crippen LogP) is 6.32. The lowest BCUT2D eigenvalue weighted by Gasteiger charge is -2.12. The maximum absolute atomic E-state index is 14.0. The molecule has 4 heterocycles. The van der Waals surface area contributed by atoms with Gasteiger partial charge in [0.25, 0.3) is 10.0 Å². The fraction of sp³-hybridized carbons (Fsp3) is 0.0968. The topological polar surface area (TPSA) is 158 Å². The quantitative estimate of drug-likeness (QED) is 0.126. The Bertz CT molecular complexity index is 2300. The average Bonchev–Trinajstić information content (AvgIpc) is 3.60. The standard InChI is InChI=1S/C31H23F4N7O4S/c1-16-10-18-12-23(39-22(18)13-21(16)41-47(44,45)28-9-5-8-26(40-28)31(33,34)35)29(43)19-14-38-42(30(19)36)24-15-37-27(11-17(24)2)46-25-7-4-3-6-20(25)32/h3-15,39,41H,36H2,1-2H3. The number of aromatic amines is 1. The third kappa shape index (κ3) is 6.09. The summed E-state index contributed by atoms with van der Waals surface area (Å²) in [5, 5.41) is 4.01. The number of sulfonamides is 1. The minimum absolute atomic E-state index is 0.00409. The molecule has 2 aromatic carbocycles. The third-order valence-electron chi connectivity index (χ3n) is 7.13. The molecule has 0 spiro atoms. The third-order valence-corrected chi connectivity index (χ3v) is 8.40. The summed E-state index contributed by atoms with van der Waals surface area (Å²) in [6, 6.07) is 14.6. The number of nitrogens with two attached hydrogens (primary N) is 1. The second-order valence-corrected chi connectivity index (χ2v) is 12.1. The number of anilines is 2. The monoisotopic (exact) mass is 665 g/mol. The summed E-state index contributed by atoms with van der Waals surface area (Å²) in [7, 11) is -4.49. The first-order valence-corrected chi connectivity index (χ1v) is 15.2. The summed E-state index contributed by atoms with van der Waals surface area (Å²) in [4.78, 5) is 23.9. The van der Waals surface area contributed by atoms with Crippen LogP contribution in [0.4, 0.5) is 29.1 Å². The number of pyridine rings is 2. The summed E-state index contributed by atoms with van der Waals surface area (Å²) in [6.07, 6.45) is -2.11. The number of para-hydroxylation sites is 1. The number of hydrogen-bond donors (Lipinski definition) is 3. The van der Waals surface area contributed by atoms with Crippen molar-refractivity contribution in [2.24, 2.45) is 0 Å². The maximum atomic E-state index is 14.0. The highest BCUT2D eigenvalue weighted by Crippen LogP contribution is 2.31. The molecule has 0 aliphatic heterocycles. The van der Waals surface area contributed by atoms with Crippen LogP contribution in [0.2, 0.25) is 0 Å². The van der Waals surface area contributed by atoms with Crippen LogP contribution in [0.3, 0.4) is 0 Å². The number of H-pyrrole nitrogens is 1. The van der Waals surface area contributed by atoms with Gasteiger partial charge in [-0.1, -0.05) is 18.2 Å². The molecule has 47 heavy (non-hydrogen) atoms. The molecule has 0 saturated carbocycles. The largest absolute Gasteiger partial charge is 0.436 e. The predicted molar refractivity (Wildman–Crippen MR) is 163 cm³/mol. The van der Waals surface area contributed by atoms with Crippen molar-refractivity contribution >= 4 is 38.2 Å². The Morgan fingerprint density at radius 3 is 2.49 bits per heavy atom. The minimum Gasteiger partial charge on any atom is -0.436 e. The number of halogens is 4. The Labute approximate surface area is 264 Å². The zero-order valence-electron chi connectivity index (χ0n) is 24.4. The number of alkyl halides is 3. The fourth-order valence-corrected chi connectivity index (χ4v) is 5.85. The van der Waals surface area contributed by atoms with E-state index >= 15 is 0 Å². The number of nitrogens with one attached hydrogen (secondary N) is 2. The Morgan fingerprint density at radius 1 is 1.00 bits per heavy atom. The first kappa shape index (κ1) is 31.2. The molecule has 6 aromatic rings. The van der Waals surface area contributed by atoms with Gasteiger partial charge in [0.1, 0.15) is 11.5 Å². The van der Waals surface area contributed by atoms with E-state index < -0.39 is 38.5 Å². The summed E-state index contributed by atoms with van der Waals surface area (Å²) < 4.78 is 88.2. The molecule has 0 radical (unpaired) electrons. The highest BCUT2D eigenvalue weighted by Gasteiger charge is 2.34. The van der Waals surface area contributed by atoms with Gasteiger partial charge in [-0.25, -0.2) is 19.0 Å². The Kier molecular flexibility index (Phi) is 7.67. The number of ketones is 1. The van der Waals surface area contributed by atoms with Crippen molar-refractivity contribution in [2.75, 3.05) is 10.5 Å². The van der Waals surface area contributed by atoms with E-state index in [0.29, 0.717) is 33.8 Å². The van der Waals surface area contributed by atoms with E-state index in [1.54, 1.807) is 38.1 Å². The lowest BCUT2D eigenvalue weighted by molar-refractivity contribution is -0.141. The number of ether oxygens (including phenoxy) is 1. The second-order valence-electron chi connectivity index (χ2n) is 10.4. The summed E-state index contributed by atoms with van der Waals surface area (Å²) in [5.41, 5.74) is 7.10. The number of fused-ring (bicyclic) bond motifs is 1. The molecular weight excluding hydrogens is 642 g/mol. The van der Waals surface area contributed by atoms with E-state index in [1.165, 1.54) is 41.3 Å². The highest BCUT2D eigenvalue weighted by atomic mass is 32.2. The van der Waals surface area contributed by atoms with Crippen LogP contribution >= 0.6 is 0 Å². The molecule has 16 heteroatoms. The van der Waals surface area contributed by atoms with Crippen LogP contribution in [-0.4, -0.2) is 38.9 Å². The van der Waals surface area contributed by atoms with Crippen LogP contribution in [0.25, 0.3) is 16.6 Å².